The number of carbonyl (C=O) groups is 2. The molecule has 2 saturated heterocycles. The van der Waals surface area contributed by atoms with Crippen molar-refractivity contribution in [3.8, 4) is 0 Å². The number of carbonyl (C=O) groups excluding carboxylic acids is 2. The number of hydrogen-bond donors (Lipinski definition) is 1. The van der Waals surface area contributed by atoms with Crippen molar-refractivity contribution in [1.82, 2.24) is 9.80 Å². The van der Waals surface area contributed by atoms with Crippen LogP contribution in [0.5, 0.6) is 0 Å². The molecule has 2 unspecified atom stereocenters. The van der Waals surface area contributed by atoms with E-state index in [2.05, 4.69) is 11.8 Å². The van der Waals surface area contributed by atoms with Gasteiger partial charge in [0.15, 0.2) is 0 Å². The quantitative estimate of drug-likeness (QED) is 0.810. The summed E-state index contributed by atoms with van der Waals surface area (Å²) < 4.78 is 0. The lowest BCUT2D eigenvalue weighted by Gasteiger charge is -2.38. The minimum Gasteiger partial charge on any atom is -0.342 e. The predicted octanol–water partition coefficient (Wildman–Crippen LogP) is 2.42. The monoisotopic (exact) mass is 371 g/mol. The van der Waals surface area contributed by atoms with Gasteiger partial charge in [-0.15, -0.1) is 12.4 Å². The minimum atomic E-state index is 0. The van der Waals surface area contributed by atoms with Crippen molar-refractivity contribution in [2.45, 2.75) is 64.3 Å². The maximum Gasteiger partial charge on any atom is 0.225 e. The Morgan fingerprint density at radius 2 is 1.32 bits per heavy atom. The maximum absolute atomic E-state index is 12.7. The molecule has 6 heteroatoms. The molecule has 0 aromatic heterocycles. The van der Waals surface area contributed by atoms with E-state index in [1.807, 2.05) is 4.90 Å². The molecular weight excluding hydrogens is 338 g/mol. The van der Waals surface area contributed by atoms with Crippen LogP contribution in [0.3, 0.4) is 0 Å². The number of hydrogen-bond acceptors (Lipinski definition) is 3. The normalized spacial score (nSPS) is 29.2. The summed E-state index contributed by atoms with van der Waals surface area (Å²) in [5.41, 5.74) is 6.03. The van der Waals surface area contributed by atoms with Crippen LogP contribution in [-0.4, -0.2) is 53.8 Å². The summed E-state index contributed by atoms with van der Waals surface area (Å²) in [4.78, 5) is 29.4. The number of piperidine rings is 2. The fraction of sp³-hybridized carbons (Fsp3) is 0.895. The van der Waals surface area contributed by atoms with E-state index in [4.69, 9.17) is 5.73 Å². The molecule has 0 radical (unpaired) electrons. The summed E-state index contributed by atoms with van der Waals surface area (Å²) in [5, 5.41) is 0. The smallest absolute Gasteiger partial charge is 0.225 e. The Hall–Kier alpha value is -0.810. The van der Waals surface area contributed by atoms with Gasteiger partial charge in [-0.25, -0.2) is 0 Å². The van der Waals surface area contributed by atoms with E-state index in [0.29, 0.717) is 5.91 Å². The molecule has 0 aromatic carbocycles. The second kappa shape index (κ2) is 9.22. The number of halogens is 1. The first-order valence-corrected chi connectivity index (χ1v) is 9.87. The summed E-state index contributed by atoms with van der Waals surface area (Å²) in [6, 6.07) is 0.188. The lowest BCUT2D eigenvalue weighted by atomic mass is 9.84. The highest BCUT2D eigenvalue weighted by Gasteiger charge is 2.34. The molecular formula is C19H34ClN3O2. The Morgan fingerprint density at radius 1 is 0.800 bits per heavy atom. The molecule has 0 aromatic rings. The molecule has 0 bridgehead atoms. The summed E-state index contributed by atoms with van der Waals surface area (Å²) in [7, 11) is 0. The fourth-order valence-electron chi connectivity index (χ4n) is 4.54. The van der Waals surface area contributed by atoms with Crippen LogP contribution < -0.4 is 5.73 Å². The van der Waals surface area contributed by atoms with E-state index in [9.17, 15) is 9.59 Å². The van der Waals surface area contributed by atoms with Crippen LogP contribution in [0, 0.1) is 17.8 Å². The molecule has 2 aliphatic heterocycles. The molecule has 3 rings (SSSR count). The molecule has 1 saturated carbocycles. The second-order valence-corrected chi connectivity index (χ2v) is 8.23. The van der Waals surface area contributed by atoms with Crippen LogP contribution in [0.15, 0.2) is 0 Å². The SMILES string of the molecule is CC1CCN(C(=O)C2CCN(C(=O)C3CCCC(N)C3)CC2)CC1.Cl. The van der Waals surface area contributed by atoms with Gasteiger partial charge in [-0.2, -0.15) is 0 Å². The molecule has 3 fully saturated rings. The molecule has 2 heterocycles. The number of nitrogens with zero attached hydrogens (tertiary/aromatic N) is 2. The summed E-state index contributed by atoms with van der Waals surface area (Å²) in [6.45, 7) is 5.58. The standard InChI is InChI=1S/C19H33N3O2.ClH/c1-14-5-9-21(10-6-14)18(23)15-7-11-22(12-8-15)19(24)16-3-2-4-17(20)13-16;/h14-17H,2-13,20H2,1H3;1H. The van der Waals surface area contributed by atoms with E-state index in [1.54, 1.807) is 0 Å². The number of amides is 2. The zero-order valence-electron chi connectivity index (χ0n) is 15.5. The average Bonchev–Trinajstić information content (AvgIpc) is 2.61. The van der Waals surface area contributed by atoms with Gasteiger partial charge in [0.2, 0.25) is 11.8 Å². The van der Waals surface area contributed by atoms with Gasteiger partial charge in [0.1, 0.15) is 0 Å². The Bertz CT molecular complexity index is 458. The van der Waals surface area contributed by atoms with Crippen molar-refractivity contribution in [3.63, 3.8) is 0 Å². The molecule has 1 aliphatic carbocycles. The van der Waals surface area contributed by atoms with Gasteiger partial charge in [-0.3, -0.25) is 9.59 Å². The van der Waals surface area contributed by atoms with Crippen LogP contribution >= 0.6 is 12.4 Å². The van der Waals surface area contributed by atoms with Crippen LogP contribution in [0.25, 0.3) is 0 Å². The number of likely N-dealkylation sites (tertiary alicyclic amines) is 2. The first-order chi connectivity index (χ1) is 11.5. The topological polar surface area (TPSA) is 66.6 Å². The van der Waals surface area contributed by atoms with Crippen molar-refractivity contribution < 1.29 is 9.59 Å². The third kappa shape index (κ3) is 5.10. The van der Waals surface area contributed by atoms with E-state index in [0.717, 1.165) is 83.5 Å². The first kappa shape index (κ1) is 20.5. The van der Waals surface area contributed by atoms with Crippen LogP contribution in [0.4, 0.5) is 0 Å². The highest BCUT2D eigenvalue weighted by atomic mass is 35.5. The van der Waals surface area contributed by atoms with Crippen molar-refractivity contribution in [1.29, 1.82) is 0 Å². The summed E-state index contributed by atoms with van der Waals surface area (Å²) >= 11 is 0. The maximum atomic E-state index is 12.7. The van der Waals surface area contributed by atoms with Crippen molar-refractivity contribution in [2.75, 3.05) is 26.2 Å². The molecule has 25 heavy (non-hydrogen) atoms. The molecule has 5 nitrogen and oxygen atoms in total. The third-order valence-electron chi connectivity index (χ3n) is 6.32. The third-order valence-corrected chi connectivity index (χ3v) is 6.32. The van der Waals surface area contributed by atoms with E-state index in [-0.39, 0.29) is 36.2 Å². The summed E-state index contributed by atoms with van der Waals surface area (Å²) in [6.07, 6.45) is 7.86. The fourth-order valence-corrected chi connectivity index (χ4v) is 4.54. The van der Waals surface area contributed by atoms with Crippen molar-refractivity contribution >= 4 is 24.2 Å². The van der Waals surface area contributed by atoms with E-state index in [1.165, 1.54) is 0 Å². The van der Waals surface area contributed by atoms with Crippen molar-refractivity contribution in [2.24, 2.45) is 23.5 Å². The molecule has 2 N–H and O–H groups in total. The lowest BCUT2D eigenvalue weighted by Crippen LogP contribution is -2.48. The Kier molecular flexibility index (Phi) is 7.56. The number of rotatable bonds is 2. The molecule has 144 valence electrons. The Labute approximate surface area is 158 Å². The Balaban J connectivity index is 0.00000225. The van der Waals surface area contributed by atoms with Crippen LogP contribution in [0.1, 0.15) is 58.3 Å². The van der Waals surface area contributed by atoms with Gasteiger partial charge >= 0.3 is 0 Å². The van der Waals surface area contributed by atoms with Gasteiger partial charge in [0.25, 0.3) is 0 Å². The largest absolute Gasteiger partial charge is 0.342 e. The van der Waals surface area contributed by atoms with Gasteiger partial charge in [-0.05, 0) is 50.9 Å². The molecule has 2 atom stereocenters. The number of nitrogens with two attached hydrogens (primary N) is 1. The molecule has 2 amide bonds. The molecule has 3 aliphatic rings. The highest BCUT2D eigenvalue weighted by molar-refractivity contribution is 5.85. The van der Waals surface area contributed by atoms with E-state index >= 15 is 0 Å². The van der Waals surface area contributed by atoms with Gasteiger partial charge in [0.05, 0.1) is 0 Å². The van der Waals surface area contributed by atoms with Gasteiger partial charge in [0, 0.05) is 44.1 Å². The zero-order valence-corrected chi connectivity index (χ0v) is 16.3. The predicted molar refractivity (Wildman–Crippen MR) is 101 cm³/mol. The molecule has 0 spiro atoms. The van der Waals surface area contributed by atoms with E-state index < -0.39 is 0 Å². The second-order valence-electron chi connectivity index (χ2n) is 8.23. The van der Waals surface area contributed by atoms with Gasteiger partial charge in [-0.1, -0.05) is 13.3 Å². The van der Waals surface area contributed by atoms with Gasteiger partial charge < -0.3 is 15.5 Å². The summed E-state index contributed by atoms with van der Waals surface area (Å²) in [5.74, 6) is 1.59. The van der Waals surface area contributed by atoms with Crippen LogP contribution in [-0.2, 0) is 9.59 Å². The highest BCUT2D eigenvalue weighted by Crippen LogP contribution is 2.28. The van der Waals surface area contributed by atoms with Crippen LogP contribution in [0.2, 0.25) is 0 Å². The zero-order chi connectivity index (χ0) is 17.1. The lowest BCUT2D eigenvalue weighted by molar-refractivity contribution is -0.144. The first-order valence-electron chi connectivity index (χ1n) is 9.87. The Morgan fingerprint density at radius 3 is 1.88 bits per heavy atom. The minimum absolute atomic E-state index is 0. The average molecular weight is 372 g/mol. The van der Waals surface area contributed by atoms with Crippen molar-refractivity contribution in [3.05, 3.63) is 0 Å².